The fourth-order valence-corrected chi connectivity index (χ4v) is 4.59. The van der Waals surface area contributed by atoms with Crippen molar-refractivity contribution in [3.05, 3.63) is 46.2 Å². The minimum atomic E-state index is 0.134. The van der Waals surface area contributed by atoms with Crippen LogP contribution in [0.15, 0.2) is 29.9 Å². The highest BCUT2D eigenvalue weighted by atomic mass is 32.1. The lowest BCUT2D eigenvalue weighted by Gasteiger charge is -2.24. The molecule has 1 atom stereocenters. The van der Waals surface area contributed by atoms with Crippen molar-refractivity contribution < 1.29 is 4.79 Å². The average Bonchev–Trinajstić information content (AvgIpc) is 3.22. The zero-order valence-electron chi connectivity index (χ0n) is 13.9. The van der Waals surface area contributed by atoms with Gasteiger partial charge in [-0.2, -0.15) is 0 Å². The molecule has 4 heterocycles. The molecular weight excluding hydrogens is 320 g/mol. The van der Waals surface area contributed by atoms with Crippen molar-refractivity contribution in [2.45, 2.75) is 32.9 Å². The van der Waals surface area contributed by atoms with E-state index in [1.165, 1.54) is 5.56 Å². The molecule has 0 aromatic carbocycles. The predicted molar refractivity (Wildman–Crippen MR) is 93.4 cm³/mol. The molecule has 0 radical (unpaired) electrons. The third kappa shape index (κ3) is 3.21. The molecule has 4 rings (SSSR count). The maximum absolute atomic E-state index is 12.5. The van der Waals surface area contributed by atoms with Crippen molar-refractivity contribution in [2.75, 3.05) is 19.6 Å². The van der Waals surface area contributed by atoms with E-state index < -0.39 is 0 Å². The van der Waals surface area contributed by atoms with Crippen LogP contribution in [0.25, 0.3) is 0 Å². The van der Waals surface area contributed by atoms with Crippen LogP contribution < -0.4 is 0 Å². The molecule has 0 aliphatic carbocycles. The minimum absolute atomic E-state index is 0.134. The number of rotatable bonds is 4. The highest BCUT2D eigenvalue weighted by molar-refractivity contribution is 7.09. The van der Waals surface area contributed by atoms with Gasteiger partial charge in [-0.25, -0.2) is 4.98 Å². The maximum Gasteiger partial charge on any atom is 0.223 e. The van der Waals surface area contributed by atoms with E-state index in [1.807, 2.05) is 24.2 Å². The summed E-state index contributed by atoms with van der Waals surface area (Å²) in [6.07, 6.45) is 5.48. The molecule has 2 saturated heterocycles. The van der Waals surface area contributed by atoms with Gasteiger partial charge in [0.2, 0.25) is 5.91 Å². The molecular formula is C18H22N4OS. The first-order chi connectivity index (χ1) is 11.6. The van der Waals surface area contributed by atoms with Gasteiger partial charge < -0.3 is 4.90 Å². The highest BCUT2D eigenvalue weighted by Crippen LogP contribution is 2.41. The largest absolute Gasteiger partial charge is 0.336 e. The van der Waals surface area contributed by atoms with Crippen LogP contribution in [0.4, 0.5) is 0 Å². The summed E-state index contributed by atoms with van der Waals surface area (Å²) in [5.41, 5.74) is 2.45. The summed E-state index contributed by atoms with van der Waals surface area (Å²) < 4.78 is 0. The third-order valence-corrected chi connectivity index (χ3v) is 5.92. The lowest BCUT2D eigenvalue weighted by molar-refractivity contribution is -0.128. The fourth-order valence-electron chi connectivity index (χ4n) is 3.98. The zero-order valence-corrected chi connectivity index (χ0v) is 14.8. The number of thiazole rings is 1. The van der Waals surface area contributed by atoms with Crippen molar-refractivity contribution in [1.29, 1.82) is 0 Å². The van der Waals surface area contributed by atoms with Crippen LogP contribution in [0.3, 0.4) is 0 Å². The molecule has 0 N–H and O–H groups in total. The second-order valence-electron chi connectivity index (χ2n) is 7.10. The first kappa shape index (κ1) is 15.7. The van der Waals surface area contributed by atoms with Gasteiger partial charge >= 0.3 is 0 Å². The Morgan fingerprint density at radius 1 is 1.25 bits per heavy atom. The van der Waals surface area contributed by atoms with Crippen LogP contribution in [0.2, 0.25) is 0 Å². The molecule has 24 heavy (non-hydrogen) atoms. The Morgan fingerprint density at radius 2 is 2.08 bits per heavy atom. The molecule has 0 bridgehead atoms. The van der Waals surface area contributed by atoms with Crippen LogP contribution in [-0.4, -0.2) is 45.3 Å². The van der Waals surface area contributed by atoms with Crippen LogP contribution >= 0.6 is 11.3 Å². The second-order valence-corrected chi connectivity index (χ2v) is 8.16. The summed E-state index contributed by atoms with van der Waals surface area (Å²) in [6, 6.07) is 4.14. The van der Waals surface area contributed by atoms with E-state index in [-0.39, 0.29) is 11.3 Å². The standard InChI is InChI=1S/C18H22N4OS/c1-14-20-16(11-24-14)10-22-13-18(8-17(22)23)4-7-21(12-18)9-15-2-5-19-6-3-15/h2-3,5-6,11H,4,7-10,12-13H2,1H3. The number of aryl methyl sites for hydroxylation is 1. The quantitative estimate of drug-likeness (QED) is 0.856. The number of amides is 1. The fraction of sp³-hybridized carbons (Fsp3) is 0.500. The minimum Gasteiger partial charge on any atom is -0.336 e. The second kappa shape index (κ2) is 6.26. The Balaban J connectivity index is 1.39. The number of hydrogen-bond donors (Lipinski definition) is 0. The molecule has 2 aromatic rings. The highest BCUT2D eigenvalue weighted by Gasteiger charge is 2.47. The SMILES string of the molecule is Cc1nc(CN2CC3(CCN(Cc4ccncc4)C3)CC2=O)cs1. The number of likely N-dealkylation sites (tertiary alicyclic amines) is 2. The smallest absolute Gasteiger partial charge is 0.223 e. The number of carbonyl (C=O) groups is 1. The van der Waals surface area contributed by atoms with Crippen LogP contribution in [0.5, 0.6) is 0 Å². The van der Waals surface area contributed by atoms with Crippen molar-refractivity contribution in [3.8, 4) is 0 Å². The van der Waals surface area contributed by atoms with Gasteiger partial charge in [-0.1, -0.05) is 0 Å². The van der Waals surface area contributed by atoms with E-state index >= 15 is 0 Å². The van der Waals surface area contributed by atoms with Gasteiger partial charge in [0.1, 0.15) is 0 Å². The Kier molecular flexibility index (Phi) is 4.10. The van der Waals surface area contributed by atoms with E-state index in [2.05, 4.69) is 32.4 Å². The van der Waals surface area contributed by atoms with Crippen LogP contribution in [0.1, 0.15) is 29.1 Å². The van der Waals surface area contributed by atoms with Gasteiger partial charge in [0.15, 0.2) is 0 Å². The number of carbonyl (C=O) groups excluding carboxylic acids is 1. The first-order valence-electron chi connectivity index (χ1n) is 8.42. The van der Waals surface area contributed by atoms with E-state index in [0.717, 1.165) is 43.3 Å². The van der Waals surface area contributed by atoms with Crippen molar-refractivity contribution in [3.63, 3.8) is 0 Å². The molecule has 126 valence electrons. The monoisotopic (exact) mass is 342 g/mol. The van der Waals surface area contributed by atoms with Crippen LogP contribution in [-0.2, 0) is 17.9 Å². The summed E-state index contributed by atoms with van der Waals surface area (Å²) in [7, 11) is 0. The van der Waals surface area contributed by atoms with Crippen molar-refractivity contribution >= 4 is 17.2 Å². The van der Waals surface area contributed by atoms with Crippen molar-refractivity contribution in [2.24, 2.45) is 5.41 Å². The lowest BCUT2D eigenvalue weighted by atomic mass is 9.86. The number of aromatic nitrogens is 2. The molecule has 0 saturated carbocycles. The van der Waals surface area contributed by atoms with E-state index in [1.54, 1.807) is 11.3 Å². The molecule has 6 heteroatoms. The molecule has 2 fully saturated rings. The summed E-state index contributed by atoms with van der Waals surface area (Å²) in [6.45, 7) is 6.57. The summed E-state index contributed by atoms with van der Waals surface area (Å²) in [5, 5.41) is 3.13. The molecule has 2 aliphatic heterocycles. The predicted octanol–water partition coefficient (Wildman–Crippen LogP) is 2.47. The van der Waals surface area contributed by atoms with E-state index in [4.69, 9.17) is 0 Å². The number of pyridine rings is 1. The molecule has 5 nitrogen and oxygen atoms in total. The molecule has 2 aliphatic rings. The van der Waals surface area contributed by atoms with Crippen molar-refractivity contribution in [1.82, 2.24) is 19.8 Å². The van der Waals surface area contributed by atoms with Gasteiger partial charge in [-0.05, 0) is 37.6 Å². The Morgan fingerprint density at radius 3 is 2.83 bits per heavy atom. The zero-order chi connectivity index (χ0) is 16.6. The Labute approximate surface area is 146 Å². The lowest BCUT2D eigenvalue weighted by Crippen LogP contribution is -2.31. The van der Waals surface area contributed by atoms with Gasteiger partial charge in [0, 0.05) is 49.2 Å². The molecule has 1 amide bonds. The summed E-state index contributed by atoms with van der Waals surface area (Å²) in [5.74, 6) is 0.284. The normalized spacial score (nSPS) is 24.4. The topological polar surface area (TPSA) is 49.3 Å². The van der Waals surface area contributed by atoms with Gasteiger partial charge in [-0.3, -0.25) is 14.7 Å². The first-order valence-corrected chi connectivity index (χ1v) is 9.30. The van der Waals surface area contributed by atoms with Gasteiger partial charge in [-0.15, -0.1) is 11.3 Å². The third-order valence-electron chi connectivity index (χ3n) is 5.10. The molecule has 2 aromatic heterocycles. The van der Waals surface area contributed by atoms with E-state index in [9.17, 15) is 4.79 Å². The Hall–Kier alpha value is -1.79. The maximum atomic E-state index is 12.5. The average molecular weight is 342 g/mol. The molecule has 1 spiro atoms. The van der Waals surface area contributed by atoms with Crippen LogP contribution in [0, 0.1) is 12.3 Å². The number of nitrogens with zero attached hydrogens (tertiary/aromatic N) is 4. The summed E-state index contributed by atoms with van der Waals surface area (Å²) in [4.78, 5) is 25.5. The van der Waals surface area contributed by atoms with E-state index in [0.29, 0.717) is 13.0 Å². The van der Waals surface area contributed by atoms with Gasteiger partial charge in [0.05, 0.1) is 17.2 Å². The Bertz CT molecular complexity index is 732. The number of hydrogen-bond acceptors (Lipinski definition) is 5. The summed E-state index contributed by atoms with van der Waals surface area (Å²) >= 11 is 1.65. The molecule has 1 unspecified atom stereocenters. The van der Waals surface area contributed by atoms with Gasteiger partial charge in [0.25, 0.3) is 0 Å².